The van der Waals surface area contributed by atoms with Crippen molar-refractivity contribution in [2.45, 2.75) is 46.3 Å². The summed E-state index contributed by atoms with van der Waals surface area (Å²) in [5, 5.41) is 12.9. The second-order valence-corrected chi connectivity index (χ2v) is 5.96. The molecule has 0 bridgehead atoms. The third kappa shape index (κ3) is 8.85. The van der Waals surface area contributed by atoms with Gasteiger partial charge < -0.3 is 10.4 Å². The van der Waals surface area contributed by atoms with E-state index in [1.165, 1.54) is 0 Å². The molecule has 2 nitrogen and oxygen atoms in total. The van der Waals surface area contributed by atoms with Crippen molar-refractivity contribution >= 4 is 11.8 Å². The van der Waals surface area contributed by atoms with Gasteiger partial charge in [-0.1, -0.05) is 13.8 Å². The van der Waals surface area contributed by atoms with Crippen molar-refractivity contribution in [1.82, 2.24) is 5.32 Å². The van der Waals surface area contributed by atoms with Gasteiger partial charge in [0.05, 0.1) is 5.60 Å². The van der Waals surface area contributed by atoms with Crippen molar-refractivity contribution in [2.75, 3.05) is 18.1 Å². The molecule has 2 N–H and O–H groups in total. The zero-order valence-corrected chi connectivity index (χ0v) is 10.9. The van der Waals surface area contributed by atoms with E-state index in [0.717, 1.165) is 18.1 Å². The van der Waals surface area contributed by atoms with Crippen molar-refractivity contribution in [1.29, 1.82) is 0 Å². The van der Waals surface area contributed by atoms with Crippen molar-refractivity contribution in [3.05, 3.63) is 0 Å². The minimum Gasteiger partial charge on any atom is -0.390 e. The summed E-state index contributed by atoms with van der Waals surface area (Å²) in [6.45, 7) is 11.4. The van der Waals surface area contributed by atoms with Gasteiger partial charge in [0, 0.05) is 24.1 Å². The number of rotatable bonds is 7. The Labute approximate surface area is 92.9 Å². The summed E-state index contributed by atoms with van der Waals surface area (Å²) in [5.74, 6) is 2.57. The molecule has 0 heterocycles. The first-order valence-corrected chi connectivity index (χ1v) is 6.52. The molecule has 0 saturated heterocycles. The molecule has 0 saturated carbocycles. The molecule has 0 spiro atoms. The minimum absolute atomic E-state index is 0.533. The van der Waals surface area contributed by atoms with Crippen LogP contribution in [0.5, 0.6) is 0 Å². The SMILES string of the molecule is CC(C)C(C)NCCSCC(C)(C)O. The number of aliphatic hydroxyl groups is 1. The number of nitrogens with one attached hydrogen (secondary N) is 1. The van der Waals surface area contributed by atoms with Crippen molar-refractivity contribution in [3.8, 4) is 0 Å². The highest BCUT2D eigenvalue weighted by atomic mass is 32.2. The fourth-order valence-corrected chi connectivity index (χ4v) is 1.82. The molecular weight excluding hydrogens is 194 g/mol. The maximum absolute atomic E-state index is 9.47. The lowest BCUT2D eigenvalue weighted by atomic mass is 10.1. The molecule has 86 valence electrons. The van der Waals surface area contributed by atoms with E-state index < -0.39 is 5.60 Å². The molecule has 0 aliphatic heterocycles. The van der Waals surface area contributed by atoms with Gasteiger partial charge in [-0.2, -0.15) is 11.8 Å². The predicted octanol–water partition coefficient (Wildman–Crippen LogP) is 2.12. The molecule has 0 aliphatic carbocycles. The second kappa shape index (κ2) is 6.70. The number of hydrogen-bond donors (Lipinski definition) is 2. The molecule has 0 fully saturated rings. The molecule has 0 aromatic heterocycles. The quantitative estimate of drug-likeness (QED) is 0.643. The molecule has 0 radical (unpaired) electrons. The van der Waals surface area contributed by atoms with Crippen LogP contribution in [-0.4, -0.2) is 34.8 Å². The van der Waals surface area contributed by atoms with Crippen molar-refractivity contribution < 1.29 is 5.11 Å². The van der Waals surface area contributed by atoms with Crippen LogP contribution in [0.1, 0.15) is 34.6 Å². The lowest BCUT2D eigenvalue weighted by Crippen LogP contribution is -2.32. The zero-order chi connectivity index (χ0) is 11.2. The van der Waals surface area contributed by atoms with Crippen molar-refractivity contribution in [3.63, 3.8) is 0 Å². The Bertz CT molecular complexity index is 143. The van der Waals surface area contributed by atoms with Gasteiger partial charge in [0.15, 0.2) is 0 Å². The predicted molar refractivity (Wildman–Crippen MR) is 65.9 cm³/mol. The third-order valence-corrected chi connectivity index (χ3v) is 3.57. The molecule has 0 rings (SSSR count). The summed E-state index contributed by atoms with van der Waals surface area (Å²) in [4.78, 5) is 0. The van der Waals surface area contributed by atoms with Crippen LogP contribution in [0.15, 0.2) is 0 Å². The van der Waals surface area contributed by atoms with Crippen LogP contribution >= 0.6 is 11.8 Å². The Morgan fingerprint density at radius 3 is 2.29 bits per heavy atom. The smallest absolute Gasteiger partial charge is 0.0681 e. The summed E-state index contributed by atoms with van der Waals surface area (Å²) in [5.41, 5.74) is -0.533. The topological polar surface area (TPSA) is 32.3 Å². The van der Waals surface area contributed by atoms with Crippen molar-refractivity contribution in [2.24, 2.45) is 5.92 Å². The van der Waals surface area contributed by atoms with Gasteiger partial charge in [0.2, 0.25) is 0 Å². The monoisotopic (exact) mass is 219 g/mol. The van der Waals surface area contributed by atoms with Gasteiger partial charge in [-0.3, -0.25) is 0 Å². The second-order valence-electron chi connectivity index (χ2n) is 4.85. The Balaban J connectivity index is 3.30. The molecule has 0 aliphatic rings. The van der Waals surface area contributed by atoms with Crippen LogP contribution in [0, 0.1) is 5.92 Å². The minimum atomic E-state index is -0.533. The van der Waals surface area contributed by atoms with E-state index >= 15 is 0 Å². The maximum atomic E-state index is 9.47. The fraction of sp³-hybridized carbons (Fsp3) is 1.00. The Hall–Kier alpha value is 0.270. The normalized spacial score (nSPS) is 14.8. The summed E-state index contributed by atoms with van der Waals surface area (Å²) in [7, 11) is 0. The van der Waals surface area contributed by atoms with Gasteiger partial charge in [-0.05, 0) is 26.7 Å². The average Bonchev–Trinajstić information content (AvgIpc) is 2.01. The summed E-state index contributed by atoms with van der Waals surface area (Å²) < 4.78 is 0. The van der Waals surface area contributed by atoms with E-state index in [1.54, 1.807) is 11.8 Å². The van der Waals surface area contributed by atoms with E-state index in [-0.39, 0.29) is 0 Å². The fourth-order valence-electron chi connectivity index (χ4n) is 0.916. The first-order valence-electron chi connectivity index (χ1n) is 5.36. The van der Waals surface area contributed by atoms with E-state index in [9.17, 15) is 5.11 Å². The molecule has 1 unspecified atom stereocenters. The van der Waals surface area contributed by atoms with Gasteiger partial charge in [0.25, 0.3) is 0 Å². The number of thioether (sulfide) groups is 1. The summed E-state index contributed by atoms with van der Waals surface area (Å²) in [6.07, 6.45) is 0. The van der Waals surface area contributed by atoms with Crippen LogP contribution < -0.4 is 5.32 Å². The molecule has 0 aromatic carbocycles. The van der Waals surface area contributed by atoms with E-state index in [4.69, 9.17) is 0 Å². The van der Waals surface area contributed by atoms with E-state index in [2.05, 4.69) is 26.1 Å². The Morgan fingerprint density at radius 1 is 1.29 bits per heavy atom. The standard InChI is InChI=1S/C11H25NOS/c1-9(2)10(3)12-6-7-14-8-11(4,5)13/h9-10,12-13H,6-8H2,1-5H3. The third-order valence-electron chi connectivity index (χ3n) is 2.17. The lowest BCUT2D eigenvalue weighted by molar-refractivity contribution is 0.107. The first kappa shape index (κ1) is 14.3. The number of hydrogen-bond acceptors (Lipinski definition) is 3. The van der Waals surface area contributed by atoms with Crippen LogP contribution in [0.4, 0.5) is 0 Å². The van der Waals surface area contributed by atoms with Gasteiger partial charge in [-0.15, -0.1) is 0 Å². The molecule has 0 amide bonds. The van der Waals surface area contributed by atoms with Gasteiger partial charge >= 0.3 is 0 Å². The molecular formula is C11H25NOS. The van der Waals surface area contributed by atoms with Crippen LogP contribution in [0.2, 0.25) is 0 Å². The highest BCUT2D eigenvalue weighted by Crippen LogP contribution is 2.11. The average molecular weight is 219 g/mol. The molecule has 1 atom stereocenters. The molecule has 3 heteroatoms. The lowest BCUT2D eigenvalue weighted by Gasteiger charge is -2.19. The van der Waals surface area contributed by atoms with Gasteiger partial charge in [0.1, 0.15) is 0 Å². The summed E-state index contributed by atoms with van der Waals surface area (Å²) >= 11 is 1.80. The zero-order valence-electron chi connectivity index (χ0n) is 10.1. The van der Waals surface area contributed by atoms with E-state index in [1.807, 2.05) is 13.8 Å². The Kier molecular flexibility index (Phi) is 6.83. The first-order chi connectivity index (χ1) is 6.33. The highest BCUT2D eigenvalue weighted by molar-refractivity contribution is 7.99. The largest absolute Gasteiger partial charge is 0.390 e. The molecule has 14 heavy (non-hydrogen) atoms. The van der Waals surface area contributed by atoms with E-state index in [0.29, 0.717) is 12.0 Å². The van der Waals surface area contributed by atoms with Gasteiger partial charge in [-0.25, -0.2) is 0 Å². The van der Waals surface area contributed by atoms with Crippen LogP contribution in [0.3, 0.4) is 0 Å². The highest BCUT2D eigenvalue weighted by Gasteiger charge is 2.11. The maximum Gasteiger partial charge on any atom is 0.0681 e. The molecule has 0 aromatic rings. The van der Waals surface area contributed by atoms with Crippen LogP contribution in [0.25, 0.3) is 0 Å². The van der Waals surface area contributed by atoms with Crippen LogP contribution in [-0.2, 0) is 0 Å². The Morgan fingerprint density at radius 2 is 1.86 bits per heavy atom. The summed E-state index contributed by atoms with van der Waals surface area (Å²) in [6, 6.07) is 0.581.